The first kappa shape index (κ1) is 14.9. The number of nitrogens with zero attached hydrogens (tertiary/aromatic N) is 2. The van der Waals surface area contributed by atoms with Crippen molar-refractivity contribution in [2.75, 3.05) is 13.1 Å². The Balaban J connectivity index is 2.01. The van der Waals surface area contributed by atoms with Crippen molar-refractivity contribution in [3.05, 3.63) is 30.1 Å². The first-order valence-corrected chi connectivity index (χ1v) is 7.24. The van der Waals surface area contributed by atoms with Crippen LogP contribution < -0.4 is 11.1 Å². The maximum absolute atomic E-state index is 11.1. The molecule has 0 radical (unpaired) electrons. The Morgan fingerprint density at radius 2 is 2.00 bits per heavy atom. The average Bonchev–Trinajstić information content (AvgIpc) is 2.41. The molecule has 0 spiro atoms. The number of likely N-dealkylation sites (tertiary alicyclic amines) is 1. The highest BCUT2D eigenvalue weighted by atomic mass is 16.1. The summed E-state index contributed by atoms with van der Waals surface area (Å²) in [5.41, 5.74) is 7.40. The zero-order valence-electron chi connectivity index (χ0n) is 12.2. The van der Waals surface area contributed by atoms with Crippen LogP contribution in [0.3, 0.4) is 0 Å². The summed E-state index contributed by atoms with van der Waals surface area (Å²) in [6, 6.07) is 4.66. The number of hydrogen-bond acceptors (Lipinski definition) is 4. The van der Waals surface area contributed by atoms with E-state index < -0.39 is 0 Å². The number of rotatable bonds is 4. The standard InChI is InChI=1S/C15H24N4O/c1-11(16)15(13-3-7-17-8-4-13)19-9-5-14(6-10-19)18-12(2)20/h3-4,7-8,11,14-15H,5-6,9-10,16H2,1-2H3,(H,18,20). The van der Waals surface area contributed by atoms with Crippen LogP contribution in [0.1, 0.15) is 38.3 Å². The first-order chi connectivity index (χ1) is 9.58. The van der Waals surface area contributed by atoms with E-state index in [2.05, 4.69) is 15.2 Å². The molecule has 1 aromatic rings. The number of amides is 1. The molecule has 0 bridgehead atoms. The normalized spacial score (nSPS) is 20.4. The third-order valence-corrected chi connectivity index (χ3v) is 3.88. The molecule has 5 heteroatoms. The molecule has 1 saturated heterocycles. The van der Waals surface area contributed by atoms with Gasteiger partial charge in [0.2, 0.25) is 5.91 Å². The lowest BCUT2D eigenvalue weighted by molar-refractivity contribution is -0.120. The molecule has 1 aliphatic heterocycles. The van der Waals surface area contributed by atoms with Crippen molar-refractivity contribution >= 4 is 5.91 Å². The third-order valence-electron chi connectivity index (χ3n) is 3.88. The number of nitrogens with one attached hydrogen (secondary N) is 1. The van der Waals surface area contributed by atoms with Crippen LogP contribution in [0.5, 0.6) is 0 Å². The molecule has 0 saturated carbocycles. The summed E-state index contributed by atoms with van der Waals surface area (Å²) < 4.78 is 0. The fourth-order valence-electron chi connectivity index (χ4n) is 3.02. The molecular formula is C15H24N4O. The van der Waals surface area contributed by atoms with Gasteiger partial charge in [0, 0.05) is 50.5 Å². The summed E-state index contributed by atoms with van der Waals surface area (Å²) in [7, 11) is 0. The molecule has 20 heavy (non-hydrogen) atoms. The fraction of sp³-hybridized carbons (Fsp3) is 0.600. The molecule has 2 heterocycles. The van der Waals surface area contributed by atoms with E-state index in [0.29, 0.717) is 6.04 Å². The lowest BCUT2D eigenvalue weighted by Crippen LogP contribution is -2.48. The lowest BCUT2D eigenvalue weighted by atomic mass is 9.96. The second-order valence-electron chi connectivity index (χ2n) is 5.60. The van der Waals surface area contributed by atoms with Gasteiger partial charge in [-0.25, -0.2) is 0 Å². The van der Waals surface area contributed by atoms with Crippen molar-refractivity contribution < 1.29 is 4.79 Å². The molecule has 1 aromatic heterocycles. The Morgan fingerprint density at radius 3 is 2.50 bits per heavy atom. The summed E-state index contributed by atoms with van der Waals surface area (Å²) in [5, 5.41) is 3.00. The Labute approximate surface area is 120 Å². The van der Waals surface area contributed by atoms with E-state index in [-0.39, 0.29) is 18.0 Å². The molecule has 3 N–H and O–H groups in total. The maximum atomic E-state index is 11.1. The van der Waals surface area contributed by atoms with Gasteiger partial charge in [-0.2, -0.15) is 0 Å². The first-order valence-electron chi connectivity index (χ1n) is 7.24. The summed E-state index contributed by atoms with van der Waals surface area (Å²) in [6.07, 6.45) is 5.59. The van der Waals surface area contributed by atoms with Crippen LogP contribution in [-0.4, -0.2) is 41.0 Å². The fourth-order valence-corrected chi connectivity index (χ4v) is 3.02. The van der Waals surface area contributed by atoms with E-state index in [0.717, 1.165) is 25.9 Å². The topological polar surface area (TPSA) is 71.2 Å². The number of pyridine rings is 1. The molecule has 2 atom stereocenters. The number of hydrogen-bond donors (Lipinski definition) is 2. The third kappa shape index (κ3) is 3.77. The summed E-state index contributed by atoms with van der Waals surface area (Å²) in [4.78, 5) is 17.6. The Hall–Kier alpha value is -1.46. The quantitative estimate of drug-likeness (QED) is 0.863. The number of carbonyl (C=O) groups excluding carboxylic acids is 1. The number of carbonyl (C=O) groups is 1. The number of aromatic nitrogens is 1. The van der Waals surface area contributed by atoms with Crippen LogP contribution in [0.4, 0.5) is 0 Å². The number of nitrogens with two attached hydrogens (primary N) is 1. The Kier molecular flexibility index (Phi) is 5.09. The van der Waals surface area contributed by atoms with Crippen LogP contribution in [0.15, 0.2) is 24.5 Å². The molecule has 1 amide bonds. The minimum atomic E-state index is 0.0568. The van der Waals surface area contributed by atoms with E-state index in [9.17, 15) is 4.79 Å². The maximum Gasteiger partial charge on any atom is 0.217 e. The van der Waals surface area contributed by atoms with E-state index in [1.807, 2.05) is 31.5 Å². The number of piperidine rings is 1. The van der Waals surface area contributed by atoms with Crippen molar-refractivity contribution in [2.24, 2.45) is 5.73 Å². The molecule has 0 aliphatic carbocycles. The van der Waals surface area contributed by atoms with E-state index >= 15 is 0 Å². The van der Waals surface area contributed by atoms with Crippen LogP contribution in [0, 0.1) is 0 Å². The molecule has 0 aromatic carbocycles. The van der Waals surface area contributed by atoms with Crippen molar-refractivity contribution in [3.8, 4) is 0 Å². The van der Waals surface area contributed by atoms with Gasteiger partial charge in [-0.15, -0.1) is 0 Å². The molecule has 5 nitrogen and oxygen atoms in total. The van der Waals surface area contributed by atoms with E-state index in [4.69, 9.17) is 5.73 Å². The Bertz CT molecular complexity index is 427. The van der Waals surface area contributed by atoms with Gasteiger partial charge < -0.3 is 11.1 Å². The van der Waals surface area contributed by atoms with Crippen LogP contribution in [-0.2, 0) is 4.79 Å². The van der Waals surface area contributed by atoms with Crippen molar-refractivity contribution in [1.82, 2.24) is 15.2 Å². The molecule has 2 rings (SSSR count). The predicted molar refractivity (Wildman–Crippen MR) is 79.0 cm³/mol. The molecule has 2 unspecified atom stereocenters. The largest absolute Gasteiger partial charge is 0.354 e. The van der Waals surface area contributed by atoms with Crippen molar-refractivity contribution in [2.45, 2.75) is 44.8 Å². The second kappa shape index (κ2) is 6.81. The van der Waals surface area contributed by atoms with E-state index in [1.165, 1.54) is 5.56 Å². The lowest BCUT2D eigenvalue weighted by Gasteiger charge is -2.39. The van der Waals surface area contributed by atoms with Gasteiger partial charge in [0.25, 0.3) is 0 Å². The van der Waals surface area contributed by atoms with Gasteiger partial charge in [0.05, 0.1) is 0 Å². The minimum absolute atomic E-state index is 0.0568. The average molecular weight is 276 g/mol. The van der Waals surface area contributed by atoms with Gasteiger partial charge in [0.15, 0.2) is 0 Å². The van der Waals surface area contributed by atoms with Crippen LogP contribution in [0.2, 0.25) is 0 Å². The zero-order chi connectivity index (χ0) is 14.5. The minimum Gasteiger partial charge on any atom is -0.354 e. The smallest absolute Gasteiger partial charge is 0.217 e. The molecular weight excluding hydrogens is 252 g/mol. The van der Waals surface area contributed by atoms with Gasteiger partial charge in [-0.05, 0) is 37.5 Å². The summed E-state index contributed by atoms with van der Waals surface area (Å²) in [5.74, 6) is 0.0568. The zero-order valence-corrected chi connectivity index (χ0v) is 12.2. The highest BCUT2D eigenvalue weighted by Gasteiger charge is 2.28. The molecule has 1 aliphatic rings. The molecule has 1 fully saturated rings. The van der Waals surface area contributed by atoms with Gasteiger partial charge in [0.1, 0.15) is 0 Å². The van der Waals surface area contributed by atoms with Crippen molar-refractivity contribution in [3.63, 3.8) is 0 Å². The summed E-state index contributed by atoms with van der Waals surface area (Å²) in [6.45, 7) is 5.54. The van der Waals surface area contributed by atoms with Gasteiger partial charge in [-0.1, -0.05) is 0 Å². The van der Waals surface area contributed by atoms with E-state index in [1.54, 1.807) is 6.92 Å². The SMILES string of the molecule is CC(=O)NC1CCN(C(c2ccncc2)C(C)N)CC1. The van der Waals surface area contributed by atoms with Gasteiger partial charge in [-0.3, -0.25) is 14.7 Å². The second-order valence-corrected chi connectivity index (χ2v) is 5.60. The monoisotopic (exact) mass is 276 g/mol. The Morgan fingerprint density at radius 1 is 1.40 bits per heavy atom. The summed E-state index contributed by atoms with van der Waals surface area (Å²) >= 11 is 0. The predicted octanol–water partition coefficient (Wildman–Crippen LogP) is 1.07. The van der Waals surface area contributed by atoms with Crippen LogP contribution in [0.25, 0.3) is 0 Å². The highest BCUT2D eigenvalue weighted by molar-refractivity contribution is 5.73. The van der Waals surface area contributed by atoms with Crippen molar-refractivity contribution in [1.29, 1.82) is 0 Å². The van der Waals surface area contributed by atoms with Crippen LogP contribution >= 0.6 is 0 Å². The highest BCUT2D eigenvalue weighted by Crippen LogP contribution is 2.26. The molecule has 110 valence electrons. The van der Waals surface area contributed by atoms with Gasteiger partial charge >= 0.3 is 0 Å².